The Bertz CT molecular complexity index is 1300. The largest absolute Gasteiger partial charge is 0.452 e. The smallest absolute Gasteiger partial charge is 0.338 e. The normalized spacial score (nSPS) is 10.9. The summed E-state index contributed by atoms with van der Waals surface area (Å²) in [5.41, 5.74) is 6.76. The lowest BCUT2D eigenvalue weighted by Crippen LogP contribution is -2.22. The van der Waals surface area contributed by atoms with Crippen molar-refractivity contribution in [2.45, 2.75) is 27.7 Å². The van der Waals surface area contributed by atoms with Crippen LogP contribution < -0.4 is 5.32 Å². The number of nitrogens with one attached hydrogen (secondary N) is 1. The molecule has 1 amide bonds. The Morgan fingerprint density at radius 1 is 0.938 bits per heavy atom. The maximum absolute atomic E-state index is 12.5. The molecule has 1 heterocycles. The molecule has 6 heteroatoms. The molecular weight excluding hydrogens is 402 g/mol. The molecule has 4 aromatic rings. The first kappa shape index (κ1) is 21.3. The maximum Gasteiger partial charge on any atom is 0.338 e. The van der Waals surface area contributed by atoms with E-state index < -0.39 is 5.97 Å². The Hall–Kier alpha value is -3.93. The molecule has 1 N–H and O–H groups in total. The van der Waals surface area contributed by atoms with Gasteiger partial charge in [-0.15, -0.1) is 0 Å². The first-order valence-corrected chi connectivity index (χ1v) is 10.4. The van der Waals surface area contributed by atoms with E-state index in [2.05, 4.69) is 10.3 Å². The number of fused-ring (bicyclic) bond motifs is 1. The van der Waals surface area contributed by atoms with Crippen molar-refractivity contribution in [1.82, 2.24) is 9.55 Å². The van der Waals surface area contributed by atoms with Gasteiger partial charge in [0.05, 0.1) is 16.6 Å². The van der Waals surface area contributed by atoms with Gasteiger partial charge in [-0.25, -0.2) is 9.78 Å². The van der Waals surface area contributed by atoms with E-state index in [0.29, 0.717) is 11.1 Å². The molecular formula is C26H25N3O3. The van der Waals surface area contributed by atoms with Crippen molar-refractivity contribution in [3.63, 3.8) is 0 Å². The molecule has 3 aromatic carbocycles. The number of carbonyl (C=O) groups excluding carboxylic acids is 2. The van der Waals surface area contributed by atoms with E-state index in [1.165, 1.54) is 0 Å². The summed E-state index contributed by atoms with van der Waals surface area (Å²) in [6, 6.07) is 19.1. The van der Waals surface area contributed by atoms with Gasteiger partial charge in [-0.2, -0.15) is 0 Å². The molecule has 0 saturated carbocycles. The predicted molar refractivity (Wildman–Crippen MR) is 125 cm³/mol. The summed E-state index contributed by atoms with van der Waals surface area (Å²) in [5.74, 6) is -0.120. The van der Waals surface area contributed by atoms with E-state index in [1.807, 2.05) is 80.8 Å². The first-order chi connectivity index (χ1) is 15.3. The van der Waals surface area contributed by atoms with Crippen molar-refractivity contribution in [1.29, 1.82) is 0 Å². The minimum absolute atomic E-state index is 0.353. The fraction of sp³-hybridized carbons (Fsp3) is 0.192. The van der Waals surface area contributed by atoms with E-state index in [0.717, 1.165) is 39.4 Å². The number of esters is 1. The summed E-state index contributed by atoms with van der Waals surface area (Å²) in [6.45, 7) is 7.45. The van der Waals surface area contributed by atoms with Gasteiger partial charge in [0.1, 0.15) is 5.82 Å². The number of amides is 1. The number of nitrogens with zero attached hydrogens (tertiary/aromatic N) is 2. The lowest BCUT2D eigenvalue weighted by Gasteiger charge is -2.13. The Balaban J connectivity index is 1.47. The highest BCUT2D eigenvalue weighted by Gasteiger charge is 2.15. The van der Waals surface area contributed by atoms with Crippen LogP contribution >= 0.6 is 0 Å². The van der Waals surface area contributed by atoms with Crippen molar-refractivity contribution in [3.8, 4) is 5.69 Å². The molecule has 0 saturated heterocycles. The Morgan fingerprint density at radius 2 is 1.62 bits per heavy atom. The molecule has 0 bridgehead atoms. The quantitative estimate of drug-likeness (QED) is 0.452. The van der Waals surface area contributed by atoms with Crippen LogP contribution in [0.25, 0.3) is 16.7 Å². The zero-order valence-electron chi connectivity index (χ0n) is 18.6. The predicted octanol–water partition coefficient (Wildman–Crippen LogP) is 5.05. The van der Waals surface area contributed by atoms with Crippen molar-refractivity contribution in [2.24, 2.45) is 0 Å². The standard InChI is InChI=1S/C26H25N3O3/c1-16-12-17(2)25(18(3)13-16)28-24(30)15-32-26(31)20-10-11-23-22(14-20)27-19(4)29(23)21-8-6-5-7-9-21/h5-14H,15H2,1-4H3,(H,28,30). The average Bonchev–Trinajstić information content (AvgIpc) is 3.10. The second-order valence-electron chi connectivity index (χ2n) is 7.93. The number of imidazole rings is 1. The summed E-state index contributed by atoms with van der Waals surface area (Å²) in [4.78, 5) is 29.5. The van der Waals surface area contributed by atoms with Gasteiger partial charge in [-0.1, -0.05) is 35.9 Å². The van der Waals surface area contributed by atoms with Gasteiger partial charge < -0.3 is 10.1 Å². The lowest BCUT2D eigenvalue weighted by molar-refractivity contribution is -0.119. The van der Waals surface area contributed by atoms with Crippen molar-refractivity contribution in [2.75, 3.05) is 11.9 Å². The van der Waals surface area contributed by atoms with Gasteiger partial charge >= 0.3 is 5.97 Å². The molecule has 0 unspecified atom stereocenters. The van der Waals surface area contributed by atoms with Gasteiger partial charge in [0.15, 0.2) is 6.61 Å². The number of para-hydroxylation sites is 1. The number of rotatable bonds is 5. The number of benzene rings is 3. The lowest BCUT2D eigenvalue weighted by atomic mass is 10.1. The summed E-state index contributed by atoms with van der Waals surface area (Å²) in [6.07, 6.45) is 0. The van der Waals surface area contributed by atoms with E-state index >= 15 is 0 Å². The van der Waals surface area contributed by atoms with E-state index in [1.54, 1.807) is 12.1 Å². The minimum Gasteiger partial charge on any atom is -0.452 e. The molecule has 162 valence electrons. The second kappa shape index (κ2) is 8.67. The van der Waals surface area contributed by atoms with Crippen LogP contribution in [-0.4, -0.2) is 28.0 Å². The molecule has 0 spiro atoms. The van der Waals surface area contributed by atoms with Crippen molar-refractivity contribution < 1.29 is 14.3 Å². The highest BCUT2D eigenvalue weighted by atomic mass is 16.5. The third kappa shape index (κ3) is 4.25. The van der Waals surface area contributed by atoms with Crippen molar-refractivity contribution in [3.05, 3.63) is 88.7 Å². The zero-order valence-corrected chi connectivity index (χ0v) is 18.6. The van der Waals surface area contributed by atoms with Crippen LogP contribution in [0, 0.1) is 27.7 Å². The molecule has 4 rings (SSSR count). The molecule has 0 atom stereocenters. The number of carbonyl (C=O) groups is 2. The zero-order chi connectivity index (χ0) is 22.8. The summed E-state index contributed by atoms with van der Waals surface area (Å²) >= 11 is 0. The van der Waals surface area contributed by atoms with E-state index in [9.17, 15) is 9.59 Å². The van der Waals surface area contributed by atoms with Crippen LogP contribution in [0.1, 0.15) is 32.9 Å². The third-order valence-corrected chi connectivity index (χ3v) is 5.35. The van der Waals surface area contributed by atoms with E-state index in [4.69, 9.17) is 4.74 Å². The van der Waals surface area contributed by atoms with Crippen molar-refractivity contribution >= 4 is 28.6 Å². The second-order valence-corrected chi connectivity index (χ2v) is 7.93. The van der Waals surface area contributed by atoms with E-state index in [-0.39, 0.29) is 12.5 Å². The molecule has 32 heavy (non-hydrogen) atoms. The van der Waals surface area contributed by atoms with Crippen LogP contribution in [0.2, 0.25) is 0 Å². The number of aryl methyl sites for hydroxylation is 4. The molecule has 0 aliphatic rings. The Morgan fingerprint density at radius 3 is 2.31 bits per heavy atom. The topological polar surface area (TPSA) is 73.2 Å². The summed E-state index contributed by atoms with van der Waals surface area (Å²) in [7, 11) is 0. The molecule has 0 fully saturated rings. The fourth-order valence-corrected chi connectivity index (χ4v) is 4.00. The van der Waals surface area contributed by atoms with Crippen LogP contribution in [0.3, 0.4) is 0 Å². The molecule has 1 aromatic heterocycles. The monoisotopic (exact) mass is 427 g/mol. The van der Waals surface area contributed by atoms with Gasteiger partial charge in [-0.3, -0.25) is 9.36 Å². The highest BCUT2D eigenvalue weighted by Crippen LogP contribution is 2.23. The average molecular weight is 428 g/mol. The van der Waals surface area contributed by atoms with Gasteiger partial charge in [0, 0.05) is 11.4 Å². The summed E-state index contributed by atoms with van der Waals surface area (Å²) < 4.78 is 7.28. The minimum atomic E-state index is -0.564. The third-order valence-electron chi connectivity index (χ3n) is 5.35. The fourth-order valence-electron chi connectivity index (χ4n) is 4.00. The number of hydrogen-bond donors (Lipinski definition) is 1. The molecule has 0 aliphatic carbocycles. The van der Waals surface area contributed by atoms with Crippen LogP contribution in [0.4, 0.5) is 5.69 Å². The van der Waals surface area contributed by atoms with Gasteiger partial charge in [0.2, 0.25) is 0 Å². The van der Waals surface area contributed by atoms with Crippen LogP contribution in [-0.2, 0) is 9.53 Å². The number of aromatic nitrogens is 2. The maximum atomic E-state index is 12.5. The van der Waals surface area contributed by atoms with Crippen LogP contribution in [0.5, 0.6) is 0 Å². The number of hydrogen-bond acceptors (Lipinski definition) is 4. The number of ether oxygens (including phenoxy) is 1. The molecule has 0 radical (unpaired) electrons. The molecule has 0 aliphatic heterocycles. The SMILES string of the molecule is Cc1cc(C)c(NC(=O)COC(=O)c2ccc3c(c2)nc(C)n3-c2ccccc2)c(C)c1. The van der Waals surface area contributed by atoms with Gasteiger partial charge in [-0.05, 0) is 69.2 Å². The molecule has 6 nitrogen and oxygen atoms in total. The summed E-state index contributed by atoms with van der Waals surface area (Å²) in [5, 5.41) is 2.84. The number of anilines is 1. The first-order valence-electron chi connectivity index (χ1n) is 10.4. The Kier molecular flexibility index (Phi) is 5.77. The Labute approximate surface area is 186 Å². The van der Waals surface area contributed by atoms with Crippen LogP contribution in [0.15, 0.2) is 60.7 Å². The van der Waals surface area contributed by atoms with Gasteiger partial charge in [0.25, 0.3) is 5.91 Å². The highest BCUT2D eigenvalue weighted by molar-refractivity contribution is 5.98.